The molecule has 26 heavy (non-hydrogen) atoms. The second-order valence-corrected chi connectivity index (χ2v) is 7.45. The van der Waals surface area contributed by atoms with Crippen molar-refractivity contribution in [2.45, 2.75) is 31.8 Å². The highest BCUT2D eigenvalue weighted by Crippen LogP contribution is 2.56. The molecule has 138 valence electrons. The highest BCUT2D eigenvalue weighted by Gasteiger charge is 2.57. The Balaban J connectivity index is 1.59. The van der Waals surface area contributed by atoms with Gasteiger partial charge >= 0.3 is 0 Å². The van der Waals surface area contributed by atoms with Crippen LogP contribution in [0.2, 0.25) is 0 Å². The molecule has 1 saturated heterocycles. The molecule has 2 aromatic rings. The van der Waals surface area contributed by atoms with E-state index in [0.29, 0.717) is 23.6 Å². The molecule has 0 radical (unpaired) electrons. The van der Waals surface area contributed by atoms with Crippen LogP contribution < -0.4 is 10.1 Å². The summed E-state index contributed by atoms with van der Waals surface area (Å²) in [6, 6.07) is 7.70. The standard InChI is InChI=1S/C20H26N4O2/c1-23-12-11-22-18(23)14-24(17-13-20(17)7-9-21-10-8-20)19(25)15-3-5-16(26-2)6-4-15/h3-6,11-12,17,21H,7-10,13-14H2,1-2H3/t17-/m1/s1. The molecule has 2 aliphatic rings. The van der Waals surface area contributed by atoms with E-state index in [-0.39, 0.29) is 5.91 Å². The number of piperidine rings is 1. The van der Waals surface area contributed by atoms with Crippen molar-refractivity contribution >= 4 is 5.91 Å². The van der Waals surface area contributed by atoms with Crippen LogP contribution >= 0.6 is 0 Å². The zero-order chi connectivity index (χ0) is 18.1. The maximum absolute atomic E-state index is 13.3. The lowest BCUT2D eigenvalue weighted by atomic mass is 9.93. The third-order valence-electron chi connectivity index (χ3n) is 5.95. The van der Waals surface area contributed by atoms with Gasteiger partial charge in [0.15, 0.2) is 0 Å². The van der Waals surface area contributed by atoms with E-state index in [9.17, 15) is 4.79 Å². The number of hydrogen-bond acceptors (Lipinski definition) is 4. The van der Waals surface area contributed by atoms with E-state index in [4.69, 9.17) is 4.74 Å². The average molecular weight is 354 g/mol. The largest absolute Gasteiger partial charge is 0.497 e. The molecule has 6 nitrogen and oxygen atoms in total. The SMILES string of the molecule is COc1ccc(C(=O)N(Cc2nccn2C)[C@@H]2CC23CCNCC3)cc1. The Bertz CT molecular complexity index is 777. The zero-order valence-corrected chi connectivity index (χ0v) is 15.4. The molecule has 1 N–H and O–H groups in total. The molecule has 1 amide bonds. The number of ether oxygens (including phenoxy) is 1. The van der Waals surface area contributed by atoms with Crippen molar-refractivity contribution in [3.8, 4) is 5.75 Å². The molecule has 0 unspecified atom stereocenters. The van der Waals surface area contributed by atoms with E-state index < -0.39 is 0 Å². The van der Waals surface area contributed by atoms with Crippen LogP contribution in [-0.2, 0) is 13.6 Å². The zero-order valence-electron chi connectivity index (χ0n) is 15.4. The van der Waals surface area contributed by atoms with Gasteiger partial charge in [0.05, 0.1) is 13.7 Å². The van der Waals surface area contributed by atoms with Gasteiger partial charge in [-0.1, -0.05) is 0 Å². The summed E-state index contributed by atoms with van der Waals surface area (Å²) in [5, 5.41) is 3.43. The molecule has 1 atom stereocenters. The van der Waals surface area contributed by atoms with Crippen LogP contribution in [0.15, 0.2) is 36.7 Å². The number of methoxy groups -OCH3 is 1. The lowest BCUT2D eigenvalue weighted by molar-refractivity contribution is 0.0685. The smallest absolute Gasteiger partial charge is 0.254 e. The van der Waals surface area contributed by atoms with Gasteiger partial charge in [-0.3, -0.25) is 4.79 Å². The number of carbonyl (C=O) groups excluding carboxylic acids is 1. The van der Waals surface area contributed by atoms with E-state index >= 15 is 0 Å². The summed E-state index contributed by atoms with van der Waals surface area (Å²) in [5.74, 6) is 1.76. The third-order valence-corrected chi connectivity index (χ3v) is 5.95. The fraction of sp³-hybridized carbons (Fsp3) is 0.500. The van der Waals surface area contributed by atoms with Gasteiger partial charge in [0.1, 0.15) is 11.6 Å². The van der Waals surface area contributed by atoms with Gasteiger partial charge < -0.3 is 19.5 Å². The van der Waals surface area contributed by atoms with Crippen molar-refractivity contribution in [1.29, 1.82) is 0 Å². The molecule has 1 aromatic carbocycles. The highest BCUT2D eigenvalue weighted by atomic mass is 16.5. The molecule has 2 fully saturated rings. The molecular formula is C20H26N4O2. The number of aryl methyl sites for hydroxylation is 1. The maximum atomic E-state index is 13.3. The molecule has 6 heteroatoms. The molecule has 2 heterocycles. The summed E-state index contributed by atoms with van der Waals surface area (Å²) in [6.45, 7) is 2.64. The molecule has 1 spiro atoms. The van der Waals surface area contributed by atoms with Crippen molar-refractivity contribution in [2.24, 2.45) is 12.5 Å². The second kappa shape index (κ2) is 6.76. The number of nitrogens with one attached hydrogen (secondary N) is 1. The van der Waals surface area contributed by atoms with Crippen LogP contribution in [0.5, 0.6) is 5.75 Å². The van der Waals surface area contributed by atoms with Gasteiger partial charge in [-0.2, -0.15) is 0 Å². The van der Waals surface area contributed by atoms with Gasteiger partial charge in [-0.05, 0) is 62.0 Å². The second-order valence-electron chi connectivity index (χ2n) is 7.45. The van der Waals surface area contributed by atoms with Gasteiger partial charge in [0.2, 0.25) is 0 Å². The fourth-order valence-electron chi connectivity index (χ4n) is 4.15. The van der Waals surface area contributed by atoms with Crippen molar-refractivity contribution in [1.82, 2.24) is 19.8 Å². The number of carbonyl (C=O) groups is 1. The van der Waals surface area contributed by atoms with Gasteiger partial charge in [-0.25, -0.2) is 4.98 Å². The van der Waals surface area contributed by atoms with Crippen molar-refractivity contribution < 1.29 is 9.53 Å². The van der Waals surface area contributed by atoms with E-state index in [1.165, 1.54) is 0 Å². The molecule has 1 aromatic heterocycles. The quantitative estimate of drug-likeness (QED) is 0.894. The van der Waals surface area contributed by atoms with Gasteiger partial charge in [0, 0.05) is 31.0 Å². The molecule has 4 rings (SSSR count). The van der Waals surface area contributed by atoms with Crippen LogP contribution in [-0.4, -0.2) is 46.6 Å². The van der Waals surface area contributed by atoms with Crippen LogP contribution in [0.4, 0.5) is 0 Å². The minimum Gasteiger partial charge on any atom is -0.497 e. The first-order valence-electron chi connectivity index (χ1n) is 9.25. The number of rotatable bonds is 5. The first kappa shape index (κ1) is 17.1. The summed E-state index contributed by atoms with van der Waals surface area (Å²) < 4.78 is 7.21. The van der Waals surface area contributed by atoms with E-state index in [2.05, 4.69) is 10.3 Å². The first-order valence-corrected chi connectivity index (χ1v) is 9.25. The van der Waals surface area contributed by atoms with Crippen molar-refractivity contribution in [3.05, 3.63) is 48.0 Å². The Morgan fingerprint density at radius 1 is 1.35 bits per heavy atom. The van der Waals surface area contributed by atoms with E-state index in [1.807, 2.05) is 47.0 Å². The van der Waals surface area contributed by atoms with E-state index in [1.54, 1.807) is 13.3 Å². The predicted molar refractivity (Wildman–Crippen MR) is 99.0 cm³/mol. The third kappa shape index (κ3) is 3.09. The minimum absolute atomic E-state index is 0.0797. The summed E-state index contributed by atoms with van der Waals surface area (Å²) in [4.78, 5) is 19.8. The Hall–Kier alpha value is -2.34. The topological polar surface area (TPSA) is 59.4 Å². The summed E-state index contributed by atoms with van der Waals surface area (Å²) in [7, 11) is 3.61. The molecule has 1 saturated carbocycles. The molecule has 1 aliphatic carbocycles. The number of benzene rings is 1. The van der Waals surface area contributed by atoms with Crippen LogP contribution in [0.25, 0.3) is 0 Å². The Morgan fingerprint density at radius 2 is 2.08 bits per heavy atom. The lowest BCUT2D eigenvalue weighted by Gasteiger charge is -2.29. The lowest BCUT2D eigenvalue weighted by Crippen LogP contribution is -2.39. The number of aromatic nitrogens is 2. The predicted octanol–water partition coefficient (Wildman–Crippen LogP) is 2.21. The highest BCUT2D eigenvalue weighted by molar-refractivity contribution is 5.94. The first-order chi connectivity index (χ1) is 12.6. The average Bonchev–Trinajstić information content (AvgIpc) is 3.19. The summed E-state index contributed by atoms with van der Waals surface area (Å²) in [6.07, 6.45) is 7.10. The number of hydrogen-bond donors (Lipinski definition) is 1. The molecular weight excluding hydrogens is 328 g/mol. The number of nitrogens with zero attached hydrogens (tertiary/aromatic N) is 3. The van der Waals surface area contributed by atoms with Crippen molar-refractivity contribution in [2.75, 3.05) is 20.2 Å². The molecule has 0 bridgehead atoms. The summed E-state index contributed by atoms with van der Waals surface area (Å²) in [5.41, 5.74) is 0.995. The molecule has 1 aliphatic heterocycles. The number of imidazole rings is 1. The summed E-state index contributed by atoms with van der Waals surface area (Å²) >= 11 is 0. The maximum Gasteiger partial charge on any atom is 0.254 e. The van der Waals surface area contributed by atoms with Crippen LogP contribution in [0.1, 0.15) is 35.4 Å². The normalized spacial score (nSPS) is 20.8. The number of amides is 1. The van der Waals surface area contributed by atoms with Gasteiger partial charge in [0.25, 0.3) is 5.91 Å². The van der Waals surface area contributed by atoms with Crippen LogP contribution in [0, 0.1) is 5.41 Å². The monoisotopic (exact) mass is 354 g/mol. The van der Waals surface area contributed by atoms with Crippen LogP contribution in [0.3, 0.4) is 0 Å². The Kier molecular flexibility index (Phi) is 4.44. The Morgan fingerprint density at radius 3 is 2.69 bits per heavy atom. The fourth-order valence-corrected chi connectivity index (χ4v) is 4.15. The van der Waals surface area contributed by atoms with E-state index in [0.717, 1.165) is 43.9 Å². The van der Waals surface area contributed by atoms with Crippen molar-refractivity contribution in [3.63, 3.8) is 0 Å². The van der Waals surface area contributed by atoms with Gasteiger partial charge in [-0.15, -0.1) is 0 Å². The minimum atomic E-state index is 0.0797. The Labute approximate surface area is 154 Å².